The molecule has 0 heterocycles. The normalized spacial score (nSPS) is 11.3. The first-order chi connectivity index (χ1) is 8.79. The summed E-state index contributed by atoms with van der Waals surface area (Å²) in [6.07, 6.45) is -4.54. The van der Waals surface area contributed by atoms with Gasteiger partial charge in [-0.25, -0.2) is 0 Å². The zero-order chi connectivity index (χ0) is 14.6. The fourth-order valence-corrected chi connectivity index (χ4v) is 1.78. The molecule has 8 heteroatoms. The number of anilines is 1. The summed E-state index contributed by atoms with van der Waals surface area (Å²) in [5.41, 5.74) is -0.827. The summed E-state index contributed by atoms with van der Waals surface area (Å²) < 4.78 is 43.4. The second-order valence-corrected chi connectivity index (χ2v) is 3.79. The van der Waals surface area contributed by atoms with Crippen LogP contribution in [0.4, 0.5) is 18.9 Å². The number of nitrogens with zero attached hydrogens (tertiary/aromatic N) is 1. The first kappa shape index (κ1) is 15.7. The molecule has 0 saturated heterocycles. The van der Waals surface area contributed by atoms with Gasteiger partial charge in [-0.2, -0.15) is 13.2 Å². The molecule has 1 aromatic carbocycles. The third-order valence-electron chi connectivity index (χ3n) is 2.62. The van der Waals surface area contributed by atoms with Gasteiger partial charge in [0.2, 0.25) is 0 Å². The SMILES string of the molecule is CCN(CC)c1ccc(OB(O)O)cc1C(F)(F)F. The van der Waals surface area contributed by atoms with Crippen molar-refractivity contribution >= 4 is 13.0 Å². The Labute approximate surface area is 109 Å². The van der Waals surface area contributed by atoms with Crippen LogP contribution < -0.4 is 9.55 Å². The molecule has 106 valence electrons. The van der Waals surface area contributed by atoms with Crippen LogP contribution in [0.1, 0.15) is 19.4 Å². The molecule has 0 bridgehead atoms. The van der Waals surface area contributed by atoms with E-state index in [9.17, 15) is 13.2 Å². The highest BCUT2D eigenvalue weighted by molar-refractivity contribution is 6.33. The van der Waals surface area contributed by atoms with Crippen LogP contribution in [-0.2, 0) is 6.18 Å². The quantitative estimate of drug-likeness (QED) is 0.807. The molecule has 2 N–H and O–H groups in total. The molecule has 0 aliphatic carbocycles. The third-order valence-corrected chi connectivity index (χ3v) is 2.62. The van der Waals surface area contributed by atoms with Crippen LogP contribution in [0, 0.1) is 0 Å². The minimum Gasteiger partial charge on any atom is -0.512 e. The highest BCUT2D eigenvalue weighted by Gasteiger charge is 2.35. The average Bonchev–Trinajstić information content (AvgIpc) is 2.30. The van der Waals surface area contributed by atoms with Crippen LogP contribution in [0.2, 0.25) is 0 Å². The monoisotopic (exact) mass is 277 g/mol. The molecule has 0 unspecified atom stereocenters. The summed E-state index contributed by atoms with van der Waals surface area (Å²) in [6.45, 7) is 4.38. The van der Waals surface area contributed by atoms with E-state index in [0.29, 0.717) is 13.1 Å². The van der Waals surface area contributed by atoms with Crippen molar-refractivity contribution in [2.75, 3.05) is 18.0 Å². The summed E-state index contributed by atoms with van der Waals surface area (Å²) in [4.78, 5) is 1.56. The number of hydrogen-bond acceptors (Lipinski definition) is 4. The van der Waals surface area contributed by atoms with E-state index in [1.165, 1.54) is 12.1 Å². The van der Waals surface area contributed by atoms with Crippen molar-refractivity contribution in [2.45, 2.75) is 20.0 Å². The van der Waals surface area contributed by atoms with Crippen molar-refractivity contribution < 1.29 is 27.9 Å². The van der Waals surface area contributed by atoms with Crippen molar-refractivity contribution in [1.29, 1.82) is 0 Å². The van der Waals surface area contributed by atoms with Crippen LogP contribution in [0.25, 0.3) is 0 Å². The van der Waals surface area contributed by atoms with Crippen LogP contribution in [-0.4, -0.2) is 30.5 Å². The molecular weight excluding hydrogens is 262 g/mol. The topological polar surface area (TPSA) is 52.9 Å². The number of halogens is 3. The van der Waals surface area contributed by atoms with Crippen molar-refractivity contribution in [1.82, 2.24) is 0 Å². The van der Waals surface area contributed by atoms with Crippen molar-refractivity contribution in [2.24, 2.45) is 0 Å². The zero-order valence-electron chi connectivity index (χ0n) is 10.6. The standard InChI is InChI=1S/C11H15BF3NO3/c1-3-16(4-2)10-6-5-8(19-12(17)18)7-9(10)11(13,14)15/h5-7,17-18H,3-4H2,1-2H3. The highest BCUT2D eigenvalue weighted by atomic mass is 19.4. The van der Waals surface area contributed by atoms with Gasteiger partial charge >= 0.3 is 13.5 Å². The van der Waals surface area contributed by atoms with E-state index in [-0.39, 0.29) is 11.4 Å². The Morgan fingerprint density at radius 3 is 2.21 bits per heavy atom. The molecule has 0 spiro atoms. The molecular formula is C11H15BF3NO3. The van der Waals surface area contributed by atoms with Gasteiger partial charge in [0.25, 0.3) is 0 Å². The first-order valence-electron chi connectivity index (χ1n) is 5.78. The van der Waals surface area contributed by atoms with Crippen molar-refractivity contribution in [3.63, 3.8) is 0 Å². The first-order valence-corrected chi connectivity index (χ1v) is 5.78. The van der Waals surface area contributed by atoms with Crippen LogP contribution in [0.5, 0.6) is 5.75 Å². The van der Waals surface area contributed by atoms with Gasteiger partial charge in [-0.3, -0.25) is 0 Å². The van der Waals surface area contributed by atoms with E-state index in [1.807, 2.05) is 0 Å². The molecule has 0 radical (unpaired) electrons. The van der Waals surface area contributed by atoms with Crippen LogP contribution >= 0.6 is 0 Å². The molecule has 1 rings (SSSR count). The van der Waals surface area contributed by atoms with Gasteiger partial charge in [-0.05, 0) is 32.0 Å². The lowest BCUT2D eigenvalue weighted by Gasteiger charge is -2.25. The maximum Gasteiger partial charge on any atom is 0.707 e. The molecule has 1 aromatic rings. The number of rotatable bonds is 5. The van der Waals surface area contributed by atoms with Gasteiger partial charge < -0.3 is 19.6 Å². The van der Waals surface area contributed by atoms with Gasteiger partial charge in [0.05, 0.1) is 5.56 Å². The van der Waals surface area contributed by atoms with Gasteiger partial charge in [-0.1, -0.05) is 0 Å². The third kappa shape index (κ3) is 4.04. The summed E-state index contributed by atoms with van der Waals surface area (Å²) in [7, 11) is -2.15. The second-order valence-electron chi connectivity index (χ2n) is 3.79. The molecule has 0 fully saturated rings. The molecule has 0 atom stereocenters. The van der Waals surface area contributed by atoms with Gasteiger partial charge in [-0.15, -0.1) is 0 Å². The van der Waals surface area contributed by atoms with Gasteiger partial charge in [0.1, 0.15) is 5.75 Å². The Morgan fingerprint density at radius 2 is 1.79 bits per heavy atom. The lowest BCUT2D eigenvalue weighted by atomic mass is 10.1. The van der Waals surface area contributed by atoms with Gasteiger partial charge in [0, 0.05) is 18.8 Å². The van der Waals surface area contributed by atoms with Crippen molar-refractivity contribution in [3.8, 4) is 5.75 Å². The summed E-state index contributed by atoms with van der Waals surface area (Å²) >= 11 is 0. The fourth-order valence-electron chi connectivity index (χ4n) is 1.78. The summed E-state index contributed by atoms with van der Waals surface area (Å²) in [6, 6.07) is 3.28. The molecule has 0 amide bonds. The number of benzene rings is 1. The van der Waals surface area contributed by atoms with E-state index in [1.54, 1.807) is 18.7 Å². The Kier molecular flexibility index (Phi) is 5.08. The maximum atomic E-state index is 13.0. The molecule has 0 aliphatic rings. The van der Waals surface area contributed by atoms with E-state index >= 15 is 0 Å². The highest BCUT2D eigenvalue weighted by Crippen LogP contribution is 2.38. The average molecular weight is 277 g/mol. The molecule has 0 aliphatic heterocycles. The lowest BCUT2D eigenvalue weighted by Crippen LogP contribution is -2.26. The smallest absolute Gasteiger partial charge is 0.512 e. The lowest BCUT2D eigenvalue weighted by molar-refractivity contribution is -0.137. The number of alkyl halides is 3. The summed E-state index contributed by atoms with van der Waals surface area (Å²) in [5.74, 6) is -0.252. The Hall–Kier alpha value is -1.41. The van der Waals surface area contributed by atoms with E-state index < -0.39 is 19.1 Å². The largest absolute Gasteiger partial charge is 0.707 e. The maximum absolute atomic E-state index is 13.0. The minimum atomic E-state index is -4.54. The predicted octanol–water partition coefficient (Wildman–Crippen LogP) is 1.90. The van der Waals surface area contributed by atoms with Crippen LogP contribution in [0.3, 0.4) is 0 Å². The van der Waals surface area contributed by atoms with Crippen LogP contribution in [0.15, 0.2) is 18.2 Å². The zero-order valence-corrected chi connectivity index (χ0v) is 10.6. The summed E-state index contributed by atoms with van der Waals surface area (Å²) in [5, 5.41) is 17.2. The molecule has 0 saturated carbocycles. The van der Waals surface area contributed by atoms with E-state index in [2.05, 4.69) is 4.65 Å². The Balaban J connectivity index is 3.24. The Bertz CT molecular complexity index is 422. The fraction of sp³-hybridized carbons (Fsp3) is 0.455. The van der Waals surface area contributed by atoms with Crippen molar-refractivity contribution in [3.05, 3.63) is 23.8 Å². The van der Waals surface area contributed by atoms with Gasteiger partial charge in [0.15, 0.2) is 0 Å². The predicted molar refractivity (Wildman–Crippen MR) is 65.8 cm³/mol. The molecule has 0 aromatic heterocycles. The molecule has 19 heavy (non-hydrogen) atoms. The van der Waals surface area contributed by atoms with E-state index in [4.69, 9.17) is 10.0 Å². The Morgan fingerprint density at radius 1 is 1.21 bits per heavy atom. The molecule has 4 nitrogen and oxygen atoms in total. The second kappa shape index (κ2) is 6.16. The van der Waals surface area contributed by atoms with E-state index in [0.717, 1.165) is 6.07 Å². The minimum absolute atomic E-state index is 0.0391. The number of hydrogen-bond donors (Lipinski definition) is 2.